The van der Waals surface area contributed by atoms with Gasteiger partial charge in [-0.1, -0.05) is 17.7 Å². The van der Waals surface area contributed by atoms with E-state index in [0.717, 1.165) is 23.9 Å². The lowest BCUT2D eigenvalue weighted by atomic mass is 9.89. The molecule has 1 fully saturated rings. The third-order valence-electron chi connectivity index (χ3n) is 4.77. The fourth-order valence-corrected chi connectivity index (χ4v) is 3.73. The molecule has 26 heavy (non-hydrogen) atoms. The van der Waals surface area contributed by atoms with Crippen LogP contribution in [0.1, 0.15) is 50.7 Å². The first kappa shape index (κ1) is 19.1. The number of aromatic nitrogens is 1. The van der Waals surface area contributed by atoms with Crippen molar-refractivity contribution < 1.29 is 14.6 Å². The average Bonchev–Trinajstić information content (AvgIpc) is 2.96. The number of rotatable bonds is 3. The zero-order valence-corrected chi connectivity index (χ0v) is 16.3. The molecule has 1 saturated heterocycles. The van der Waals surface area contributed by atoms with E-state index in [4.69, 9.17) is 16.3 Å². The van der Waals surface area contributed by atoms with Crippen LogP contribution in [0.5, 0.6) is 0 Å². The number of alkyl halides is 1. The van der Waals surface area contributed by atoms with Crippen LogP contribution in [0.3, 0.4) is 0 Å². The van der Waals surface area contributed by atoms with Gasteiger partial charge in [0.25, 0.3) is 0 Å². The van der Waals surface area contributed by atoms with Crippen LogP contribution in [-0.2, 0) is 11.2 Å². The van der Waals surface area contributed by atoms with E-state index in [2.05, 4.69) is 17.2 Å². The fraction of sp³-hybridized carbons (Fsp3) is 0.550. The molecule has 0 unspecified atom stereocenters. The van der Waals surface area contributed by atoms with Gasteiger partial charge in [-0.2, -0.15) is 0 Å². The molecule has 1 aliphatic rings. The molecule has 1 atom stereocenters. The van der Waals surface area contributed by atoms with Crippen molar-refractivity contribution in [2.75, 3.05) is 13.1 Å². The van der Waals surface area contributed by atoms with Crippen LogP contribution in [0.2, 0.25) is 0 Å². The number of amides is 1. The van der Waals surface area contributed by atoms with E-state index in [1.165, 1.54) is 10.9 Å². The molecule has 2 heterocycles. The topological polar surface area (TPSA) is 65.6 Å². The highest BCUT2D eigenvalue weighted by Gasteiger charge is 2.28. The minimum Gasteiger partial charge on any atom is -0.444 e. The summed E-state index contributed by atoms with van der Waals surface area (Å²) in [5.41, 5.74) is 2.05. The number of hydrogen-bond donors (Lipinski definition) is 2. The monoisotopic (exact) mass is 378 g/mol. The Bertz CT molecular complexity index is 771. The molecular formula is C20H27ClN2O3. The van der Waals surface area contributed by atoms with Crippen LogP contribution >= 0.6 is 11.6 Å². The summed E-state index contributed by atoms with van der Waals surface area (Å²) < 4.78 is 5.47. The predicted octanol–water partition coefficient (Wildman–Crippen LogP) is 4.38. The van der Waals surface area contributed by atoms with Crippen molar-refractivity contribution in [3.05, 3.63) is 35.5 Å². The summed E-state index contributed by atoms with van der Waals surface area (Å²) in [5.74, 6) is 0.401. The zero-order chi connectivity index (χ0) is 18.9. The van der Waals surface area contributed by atoms with Crippen LogP contribution < -0.4 is 0 Å². The first-order chi connectivity index (χ1) is 12.2. The Kier molecular flexibility index (Phi) is 5.49. The van der Waals surface area contributed by atoms with Crippen LogP contribution in [-0.4, -0.2) is 45.3 Å². The van der Waals surface area contributed by atoms with Gasteiger partial charge in [-0.15, -0.1) is 0 Å². The van der Waals surface area contributed by atoms with Gasteiger partial charge in [0.15, 0.2) is 0 Å². The fourth-order valence-electron chi connectivity index (χ4n) is 3.55. The Labute approximate surface area is 159 Å². The number of carbonyl (C=O) groups excluding carboxylic acids is 1. The largest absolute Gasteiger partial charge is 0.444 e. The number of piperidine rings is 1. The van der Waals surface area contributed by atoms with Gasteiger partial charge in [0, 0.05) is 36.6 Å². The summed E-state index contributed by atoms with van der Waals surface area (Å²) >= 11 is 5.72. The molecule has 0 radical (unpaired) electrons. The molecule has 1 aliphatic heterocycles. The van der Waals surface area contributed by atoms with Crippen molar-refractivity contribution in [2.24, 2.45) is 0 Å². The van der Waals surface area contributed by atoms with Gasteiger partial charge in [-0.05, 0) is 62.8 Å². The van der Waals surface area contributed by atoms with Gasteiger partial charge >= 0.3 is 6.09 Å². The first-order valence-electron chi connectivity index (χ1n) is 9.13. The summed E-state index contributed by atoms with van der Waals surface area (Å²) in [6, 6.07) is 6.12. The normalized spacial score (nSPS) is 17.5. The Morgan fingerprint density at radius 3 is 2.69 bits per heavy atom. The van der Waals surface area contributed by atoms with Crippen LogP contribution in [0, 0.1) is 0 Å². The Hall–Kier alpha value is -1.72. The van der Waals surface area contributed by atoms with Crippen LogP contribution in [0.4, 0.5) is 4.79 Å². The SMILES string of the molecule is CC(C)(C)OC(=O)N1CCC(c2c[nH]c3ccc(C[C@H](O)Cl)cc23)CC1. The molecule has 0 saturated carbocycles. The summed E-state index contributed by atoms with van der Waals surface area (Å²) in [5, 5.41) is 10.6. The summed E-state index contributed by atoms with van der Waals surface area (Å²) in [4.78, 5) is 17.4. The predicted molar refractivity (Wildman–Crippen MR) is 104 cm³/mol. The third kappa shape index (κ3) is 4.51. The highest BCUT2D eigenvalue weighted by Crippen LogP contribution is 2.34. The number of nitrogens with zero attached hydrogens (tertiary/aromatic N) is 1. The van der Waals surface area contributed by atoms with Crippen molar-refractivity contribution in [3.8, 4) is 0 Å². The lowest BCUT2D eigenvalue weighted by Gasteiger charge is -2.33. The van der Waals surface area contributed by atoms with Crippen molar-refractivity contribution in [2.45, 2.75) is 57.1 Å². The molecule has 1 aromatic heterocycles. The van der Waals surface area contributed by atoms with Gasteiger partial charge in [0.05, 0.1) is 0 Å². The number of aliphatic hydroxyl groups is 1. The molecule has 3 rings (SSSR count). The number of likely N-dealkylation sites (tertiary alicyclic amines) is 1. The second kappa shape index (κ2) is 7.49. The van der Waals surface area contributed by atoms with Crippen LogP contribution in [0.15, 0.2) is 24.4 Å². The average molecular weight is 379 g/mol. The van der Waals surface area contributed by atoms with Crippen molar-refractivity contribution in [1.29, 1.82) is 0 Å². The number of ether oxygens (including phenoxy) is 1. The molecule has 5 nitrogen and oxygen atoms in total. The second-order valence-electron chi connectivity index (χ2n) is 8.00. The molecule has 1 amide bonds. The van der Waals surface area contributed by atoms with E-state index < -0.39 is 11.2 Å². The van der Waals surface area contributed by atoms with E-state index in [-0.39, 0.29) is 6.09 Å². The standard InChI is InChI=1S/C20H27ClN2O3/c1-20(2,3)26-19(25)23-8-6-14(7-9-23)16-12-22-17-5-4-13(10-15(16)17)11-18(21)24/h4-5,10,12,14,18,22,24H,6-9,11H2,1-3H3/t18-/m0/s1. The number of H-pyrrole nitrogens is 1. The number of benzene rings is 1. The van der Waals surface area contributed by atoms with E-state index in [9.17, 15) is 9.90 Å². The Balaban J connectivity index is 1.70. The number of hydrogen-bond acceptors (Lipinski definition) is 3. The van der Waals surface area contributed by atoms with Gasteiger partial charge in [0.2, 0.25) is 0 Å². The molecule has 2 aromatic rings. The molecule has 2 N–H and O–H groups in total. The maximum absolute atomic E-state index is 12.2. The first-order valence-corrected chi connectivity index (χ1v) is 9.56. The minimum atomic E-state index is -0.869. The summed E-state index contributed by atoms with van der Waals surface area (Å²) in [6.45, 7) is 7.07. The third-order valence-corrected chi connectivity index (χ3v) is 4.92. The van der Waals surface area contributed by atoms with Gasteiger partial charge < -0.3 is 19.7 Å². The number of carbonyl (C=O) groups is 1. The Morgan fingerprint density at radius 2 is 2.08 bits per heavy atom. The van der Waals surface area contributed by atoms with E-state index in [1.807, 2.05) is 32.9 Å². The number of halogens is 1. The molecule has 1 aromatic carbocycles. The molecular weight excluding hydrogens is 352 g/mol. The second-order valence-corrected chi connectivity index (χ2v) is 8.51. The van der Waals surface area contributed by atoms with E-state index >= 15 is 0 Å². The number of fused-ring (bicyclic) bond motifs is 1. The van der Waals surface area contributed by atoms with Gasteiger partial charge in [0.1, 0.15) is 11.2 Å². The molecule has 142 valence electrons. The number of aromatic amines is 1. The van der Waals surface area contributed by atoms with E-state index in [0.29, 0.717) is 25.4 Å². The highest BCUT2D eigenvalue weighted by molar-refractivity contribution is 6.19. The van der Waals surface area contributed by atoms with Crippen LogP contribution in [0.25, 0.3) is 10.9 Å². The Morgan fingerprint density at radius 1 is 1.38 bits per heavy atom. The molecule has 0 spiro atoms. The van der Waals surface area contributed by atoms with Crippen molar-refractivity contribution in [3.63, 3.8) is 0 Å². The maximum atomic E-state index is 12.2. The highest BCUT2D eigenvalue weighted by atomic mass is 35.5. The van der Waals surface area contributed by atoms with Crippen molar-refractivity contribution >= 4 is 28.6 Å². The maximum Gasteiger partial charge on any atom is 0.410 e. The molecule has 0 aliphatic carbocycles. The summed E-state index contributed by atoms with van der Waals surface area (Å²) in [6.07, 6.45) is 4.09. The lowest BCUT2D eigenvalue weighted by Crippen LogP contribution is -2.41. The van der Waals surface area contributed by atoms with Gasteiger partial charge in [-0.25, -0.2) is 4.79 Å². The van der Waals surface area contributed by atoms with E-state index in [1.54, 1.807) is 4.90 Å². The minimum absolute atomic E-state index is 0.228. The summed E-state index contributed by atoms with van der Waals surface area (Å²) in [7, 11) is 0. The number of nitrogens with one attached hydrogen (secondary N) is 1. The quantitative estimate of drug-likeness (QED) is 0.779. The number of aliphatic hydroxyl groups excluding tert-OH is 1. The molecule has 0 bridgehead atoms. The lowest BCUT2D eigenvalue weighted by molar-refractivity contribution is 0.0205. The smallest absolute Gasteiger partial charge is 0.410 e. The molecule has 6 heteroatoms. The zero-order valence-electron chi connectivity index (χ0n) is 15.6. The van der Waals surface area contributed by atoms with Crippen molar-refractivity contribution in [1.82, 2.24) is 9.88 Å². The van der Waals surface area contributed by atoms with Gasteiger partial charge in [-0.3, -0.25) is 0 Å².